The van der Waals surface area contributed by atoms with Gasteiger partial charge in [0.2, 0.25) is 0 Å². The molecule has 1 fully saturated rings. The molecular formula is C13H19ClN2. The van der Waals surface area contributed by atoms with Crippen LogP contribution in [-0.4, -0.2) is 24.0 Å². The van der Waals surface area contributed by atoms with Gasteiger partial charge in [0.05, 0.1) is 0 Å². The Hall–Kier alpha value is -0.570. The zero-order valence-corrected chi connectivity index (χ0v) is 10.3. The SMILES string of the molecule is NCCC1CCCN1Cc1ccc(Cl)cc1. The van der Waals surface area contributed by atoms with Crippen LogP contribution in [0.5, 0.6) is 0 Å². The molecule has 88 valence electrons. The van der Waals surface area contributed by atoms with Gasteiger partial charge in [0.1, 0.15) is 0 Å². The molecule has 1 atom stereocenters. The zero-order valence-electron chi connectivity index (χ0n) is 9.53. The van der Waals surface area contributed by atoms with Gasteiger partial charge in [-0.3, -0.25) is 4.90 Å². The average molecular weight is 239 g/mol. The molecule has 0 radical (unpaired) electrons. The van der Waals surface area contributed by atoms with Crippen molar-refractivity contribution in [2.45, 2.75) is 31.8 Å². The first-order chi connectivity index (χ1) is 7.79. The summed E-state index contributed by atoms with van der Waals surface area (Å²) in [5, 5.41) is 0.809. The van der Waals surface area contributed by atoms with Crippen LogP contribution in [0, 0.1) is 0 Å². The summed E-state index contributed by atoms with van der Waals surface area (Å²) >= 11 is 5.88. The monoisotopic (exact) mass is 238 g/mol. The van der Waals surface area contributed by atoms with Crippen molar-refractivity contribution in [3.05, 3.63) is 34.9 Å². The Labute approximate surface area is 102 Å². The van der Waals surface area contributed by atoms with Crippen LogP contribution in [-0.2, 0) is 6.54 Å². The summed E-state index contributed by atoms with van der Waals surface area (Å²) in [6.45, 7) is 3.02. The molecule has 0 saturated carbocycles. The number of rotatable bonds is 4. The summed E-state index contributed by atoms with van der Waals surface area (Å²) in [5.41, 5.74) is 6.98. The lowest BCUT2D eigenvalue weighted by Gasteiger charge is -2.24. The second-order valence-electron chi connectivity index (χ2n) is 4.47. The van der Waals surface area contributed by atoms with E-state index in [0.29, 0.717) is 6.04 Å². The normalized spacial score (nSPS) is 21.5. The van der Waals surface area contributed by atoms with Crippen LogP contribution in [0.15, 0.2) is 24.3 Å². The van der Waals surface area contributed by atoms with E-state index in [0.717, 1.165) is 24.5 Å². The fraction of sp³-hybridized carbons (Fsp3) is 0.538. The Morgan fingerprint density at radius 1 is 1.31 bits per heavy atom. The molecule has 2 rings (SSSR count). The lowest BCUT2D eigenvalue weighted by Crippen LogP contribution is -2.30. The number of halogens is 1. The summed E-state index contributed by atoms with van der Waals surface area (Å²) < 4.78 is 0. The summed E-state index contributed by atoms with van der Waals surface area (Å²) in [7, 11) is 0. The first kappa shape index (κ1) is 11.9. The summed E-state index contributed by atoms with van der Waals surface area (Å²) in [6, 6.07) is 8.83. The van der Waals surface area contributed by atoms with Gasteiger partial charge in [-0.2, -0.15) is 0 Å². The third-order valence-electron chi connectivity index (χ3n) is 3.30. The van der Waals surface area contributed by atoms with Gasteiger partial charge in [-0.25, -0.2) is 0 Å². The van der Waals surface area contributed by atoms with Crippen molar-refractivity contribution in [3.63, 3.8) is 0 Å². The van der Waals surface area contributed by atoms with Gasteiger partial charge in [0.25, 0.3) is 0 Å². The van der Waals surface area contributed by atoms with E-state index < -0.39 is 0 Å². The molecule has 16 heavy (non-hydrogen) atoms. The topological polar surface area (TPSA) is 29.3 Å². The van der Waals surface area contributed by atoms with Crippen molar-refractivity contribution < 1.29 is 0 Å². The lowest BCUT2D eigenvalue weighted by atomic mass is 10.1. The molecule has 0 spiro atoms. The lowest BCUT2D eigenvalue weighted by molar-refractivity contribution is 0.237. The molecule has 1 aromatic carbocycles. The Morgan fingerprint density at radius 2 is 2.06 bits per heavy atom. The number of benzene rings is 1. The molecule has 1 aliphatic heterocycles. The third-order valence-corrected chi connectivity index (χ3v) is 3.55. The number of likely N-dealkylation sites (tertiary alicyclic amines) is 1. The Bertz CT molecular complexity index is 323. The molecule has 3 heteroatoms. The van der Waals surface area contributed by atoms with Crippen molar-refractivity contribution in [1.82, 2.24) is 4.90 Å². The highest BCUT2D eigenvalue weighted by Crippen LogP contribution is 2.22. The van der Waals surface area contributed by atoms with Gasteiger partial charge < -0.3 is 5.73 Å². The second kappa shape index (κ2) is 5.67. The van der Waals surface area contributed by atoms with Gasteiger partial charge in [-0.15, -0.1) is 0 Å². The Kier molecular flexibility index (Phi) is 4.22. The average Bonchev–Trinajstić information content (AvgIpc) is 2.70. The van der Waals surface area contributed by atoms with Crippen LogP contribution >= 0.6 is 11.6 Å². The maximum Gasteiger partial charge on any atom is 0.0406 e. The van der Waals surface area contributed by atoms with E-state index in [9.17, 15) is 0 Å². The van der Waals surface area contributed by atoms with Crippen molar-refractivity contribution in [3.8, 4) is 0 Å². The smallest absolute Gasteiger partial charge is 0.0406 e. The molecule has 1 aromatic rings. The van der Waals surface area contributed by atoms with Gasteiger partial charge in [0.15, 0.2) is 0 Å². The van der Waals surface area contributed by atoms with E-state index in [1.807, 2.05) is 12.1 Å². The molecule has 0 amide bonds. The van der Waals surface area contributed by atoms with Crippen molar-refractivity contribution in [2.75, 3.05) is 13.1 Å². The van der Waals surface area contributed by atoms with Crippen LogP contribution in [0.4, 0.5) is 0 Å². The molecule has 1 aliphatic rings. The van der Waals surface area contributed by atoms with Gasteiger partial charge in [0, 0.05) is 17.6 Å². The third kappa shape index (κ3) is 2.97. The molecule has 1 heterocycles. The van der Waals surface area contributed by atoms with Gasteiger partial charge in [-0.05, 0) is 50.0 Å². The molecular weight excluding hydrogens is 220 g/mol. The number of nitrogens with two attached hydrogens (primary N) is 1. The Balaban J connectivity index is 1.95. The van der Waals surface area contributed by atoms with Gasteiger partial charge in [-0.1, -0.05) is 23.7 Å². The maximum atomic E-state index is 5.88. The predicted molar refractivity (Wildman–Crippen MR) is 68.6 cm³/mol. The van der Waals surface area contributed by atoms with Crippen LogP contribution in [0.2, 0.25) is 5.02 Å². The van der Waals surface area contributed by atoms with Crippen LogP contribution in [0.1, 0.15) is 24.8 Å². The van der Waals surface area contributed by atoms with Crippen molar-refractivity contribution in [1.29, 1.82) is 0 Å². The van der Waals surface area contributed by atoms with Crippen molar-refractivity contribution in [2.24, 2.45) is 5.73 Å². The minimum absolute atomic E-state index is 0.681. The van der Waals surface area contributed by atoms with E-state index in [4.69, 9.17) is 17.3 Å². The molecule has 2 nitrogen and oxygen atoms in total. The standard InChI is InChI=1S/C13H19ClN2/c14-12-5-3-11(4-6-12)10-16-9-1-2-13(16)7-8-15/h3-6,13H,1-2,7-10,15H2. The van der Waals surface area contributed by atoms with Gasteiger partial charge >= 0.3 is 0 Å². The molecule has 0 aliphatic carbocycles. The van der Waals surface area contributed by atoms with E-state index in [1.54, 1.807) is 0 Å². The summed E-state index contributed by atoms with van der Waals surface area (Å²) in [4.78, 5) is 2.54. The first-order valence-electron chi connectivity index (χ1n) is 5.98. The minimum Gasteiger partial charge on any atom is -0.330 e. The van der Waals surface area contributed by atoms with Crippen LogP contribution < -0.4 is 5.73 Å². The predicted octanol–water partition coefficient (Wildman–Crippen LogP) is 2.65. The maximum absolute atomic E-state index is 5.88. The molecule has 0 aromatic heterocycles. The highest BCUT2D eigenvalue weighted by atomic mass is 35.5. The van der Waals surface area contributed by atoms with E-state index >= 15 is 0 Å². The van der Waals surface area contributed by atoms with E-state index in [2.05, 4.69) is 17.0 Å². The van der Waals surface area contributed by atoms with Crippen LogP contribution in [0.25, 0.3) is 0 Å². The molecule has 1 unspecified atom stereocenters. The highest BCUT2D eigenvalue weighted by molar-refractivity contribution is 6.30. The van der Waals surface area contributed by atoms with E-state index in [1.165, 1.54) is 24.9 Å². The Morgan fingerprint density at radius 3 is 2.75 bits per heavy atom. The summed E-state index contributed by atoms with van der Waals surface area (Å²) in [5.74, 6) is 0. The van der Waals surface area contributed by atoms with Crippen LogP contribution in [0.3, 0.4) is 0 Å². The first-order valence-corrected chi connectivity index (χ1v) is 6.36. The molecule has 2 N–H and O–H groups in total. The zero-order chi connectivity index (χ0) is 11.4. The molecule has 0 bridgehead atoms. The highest BCUT2D eigenvalue weighted by Gasteiger charge is 2.23. The number of hydrogen-bond acceptors (Lipinski definition) is 2. The fourth-order valence-corrected chi connectivity index (χ4v) is 2.57. The second-order valence-corrected chi connectivity index (χ2v) is 4.91. The number of nitrogens with zero attached hydrogens (tertiary/aromatic N) is 1. The van der Waals surface area contributed by atoms with Crippen molar-refractivity contribution >= 4 is 11.6 Å². The largest absolute Gasteiger partial charge is 0.330 e. The fourth-order valence-electron chi connectivity index (χ4n) is 2.45. The quantitative estimate of drug-likeness (QED) is 0.874. The van der Waals surface area contributed by atoms with E-state index in [-0.39, 0.29) is 0 Å². The molecule has 1 saturated heterocycles. The number of hydrogen-bond donors (Lipinski definition) is 1. The summed E-state index contributed by atoms with van der Waals surface area (Å²) in [6.07, 6.45) is 3.72. The minimum atomic E-state index is 0.681.